The first kappa shape index (κ1) is 10.3. The van der Waals surface area contributed by atoms with Crippen molar-refractivity contribution in [3.63, 3.8) is 0 Å². The molecule has 0 spiro atoms. The highest BCUT2D eigenvalue weighted by atomic mass is 16.5. The maximum Gasteiger partial charge on any atom is 0.292 e. The fraction of sp³-hybridized carbons (Fsp3) is 0.444. The number of rotatable bonds is 3. The molecule has 0 aliphatic carbocycles. The molecule has 0 N–H and O–H groups in total. The van der Waals surface area contributed by atoms with E-state index in [0.29, 0.717) is 18.7 Å². The first-order chi connectivity index (χ1) is 6.65. The van der Waals surface area contributed by atoms with Crippen LogP contribution in [0, 0.1) is 18.3 Å². The van der Waals surface area contributed by atoms with Crippen LogP contribution >= 0.6 is 0 Å². The molecular weight excluding hydrogens is 182 g/mol. The SMILES string of the molecule is Cc1cc(C(=O)N(C)CCC#N)on1. The molecule has 0 unspecified atom stereocenters. The van der Waals surface area contributed by atoms with Crippen LogP contribution in [0.3, 0.4) is 0 Å². The summed E-state index contributed by atoms with van der Waals surface area (Å²) in [6.07, 6.45) is 0.315. The molecular formula is C9H11N3O2. The summed E-state index contributed by atoms with van der Waals surface area (Å²) < 4.78 is 4.80. The first-order valence-corrected chi connectivity index (χ1v) is 4.21. The Balaban J connectivity index is 2.62. The predicted octanol–water partition coefficient (Wildman–Crippen LogP) is 0.969. The number of hydrogen-bond acceptors (Lipinski definition) is 4. The Hall–Kier alpha value is -1.83. The van der Waals surface area contributed by atoms with Crippen LogP contribution in [0.2, 0.25) is 0 Å². The number of carbonyl (C=O) groups is 1. The lowest BCUT2D eigenvalue weighted by molar-refractivity contribution is 0.0756. The Labute approximate surface area is 81.9 Å². The van der Waals surface area contributed by atoms with Crippen molar-refractivity contribution in [1.29, 1.82) is 5.26 Å². The lowest BCUT2D eigenvalue weighted by atomic mass is 10.3. The summed E-state index contributed by atoms with van der Waals surface area (Å²) in [5.74, 6) is -0.0382. The molecule has 5 nitrogen and oxygen atoms in total. The van der Waals surface area contributed by atoms with Gasteiger partial charge in [-0.1, -0.05) is 5.16 Å². The van der Waals surface area contributed by atoms with E-state index in [9.17, 15) is 4.79 Å². The van der Waals surface area contributed by atoms with Gasteiger partial charge in [0.15, 0.2) is 0 Å². The Morgan fingerprint density at radius 2 is 2.50 bits per heavy atom. The van der Waals surface area contributed by atoms with Gasteiger partial charge in [0, 0.05) is 19.7 Å². The van der Waals surface area contributed by atoms with Gasteiger partial charge in [-0.3, -0.25) is 4.79 Å². The van der Waals surface area contributed by atoms with Gasteiger partial charge >= 0.3 is 0 Å². The van der Waals surface area contributed by atoms with Crippen molar-refractivity contribution in [2.24, 2.45) is 0 Å². The summed E-state index contributed by atoms with van der Waals surface area (Å²) in [6.45, 7) is 2.14. The van der Waals surface area contributed by atoms with Crippen LogP contribution in [-0.4, -0.2) is 29.6 Å². The van der Waals surface area contributed by atoms with Gasteiger partial charge in [0.1, 0.15) is 0 Å². The summed E-state index contributed by atoms with van der Waals surface area (Å²) >= 11 is 0. The van der Waals surface area contributed by atoms with Gasteiger partial charge in [-0.05, 0) is 6.92 Å². The van der Waals surface area contributed by atoms with Gasteiger partial charge in [0.25, 0.3) is 5.91 Å². The number of aromatic nitrogens is 1. The number of hydrogen-bond donors (Lipinski definition) is 0. The van der Waals surface area contributed by atoms with E-state index >= 15 is 0 Å². The third kappa shape index (κ3) is 2.33. The second-order valence-electron chi connectivity index (χ2n) is 2.97. The second-order valence-corrected chi connectivity index (χ2v) is 2.97. The van der Waals surface area contributed by atoms with Crippen LogP contribution in [0.5, 0.6) is 0 Å². The quantitative estimate of drug-likeness (QED) is 0.717. The van der Waals surface area contributed by atoms with Crippen molar-refractivity contribution in [3.8, 4) is 6.07 Å². The molecule has 0 aromatic carbocycles. The molecule has 14 heavy (non-hydrogen) atoms. The molecule has 1 aromatic heterocycles. The zero-order chi connectivity index (χ0) is 10.6. The predicted molar refractivity (Wildman–Crippen MR) is 48.4 cm³/mol. The van der Waals surface area contributed by atoms with Crippen molar-refractivity contribution in [2.45, 2.75) is 13.3 Å². The summed E-state index contributed by atoms with van der Waals surface area (Å²) in [7, 11) is 1.62. The molecule has 0 aliphatic rings. The highest BCUT2D eigenvalue weighted by Gasteiger charge is 2.15. The molecule has 0 aliphatic heterocycles. The second kappa shape index (κ2) is 4.42. The molecule has 1 aromatic rings. The molecule has 5 heteroatoms. The molecule has 0 radical (unpaired) electrons. The molecule has 1 heterocycles. The van der Waals surface area contributed by atoms with Crippen molar-refractivity contribution in [2.75, 3.05) is 13.6 Å². The van der Waals surface area contributed by atoms with Crippen molar-refractivity contribution in [1.82, 2.24) is 10.1 Å². The van der Waals surface area contributed by atoms with Crippen molar-refractivity contribution < 1.29 is 9.32 Å². The summed E-state index contributed by atoms with van der Waals surface area (Å²) in [4.78, 5) is 13.0. The Bertz CT molecular complexity index is 364. The zero-order valence-corrected chi connectivity index (χ0v) is 8.15. The highest BCUT2D eigenvalue weighted by Crippen LogP contribution is 2.05. The molecule has 74 valence electrons. The Kier molecular flexibility index (Phi) is 3.24. The zero-order valence-electron chi connectivity index (χ0n) is 8.15. The van der Waals surface area contributed by atoms with Gasteiger partial charge in [-0.2, -0.15) is 5.26 Å². The van der Waals surface area contributed by atoms with Crippen LogP contribution in [0.1, 0.15) is 22.7 Å². The summed E-state index contributed by atoms with van der Waals surface area (Å²) in [5.41, 5.74) is 0.669. The number of nitrogens with zero attached hydrogens (tertiary/aromatic N) is 3. The summed E-state index contributed by atoms with van der Waals surface area (Å²) in [5, 5.41) is 12.0. The van der Waals surface area contributed by atoms with Gasteiger partial charge in [-0.15, -0.1) is 0 Å². The van der Waals surface area contributed by atoms with E-state index in [0.717, 1.165) is 0 Å². The van der Waals surface area contributed by atoms with Crippen LogP contribution < -0.4 is 0 Å². The third-order valence-electron chi connectivity index (χ3n) is 1.74. The molecule has 0 saturated carbocycles. The minimum absolute atomic E-state index is 0.211. The minimum Gasteiger partial charge on any atom is -0.351 e. The number of nitriles is 1. The third-order valence-corrected chi connectivity index (χ3v) is 1.74. The molecule has 0 atom stereocenters. The largest absolute Gasteiger partial charge is 0.351 e. The average molecular weight is 193 g/mol. The van der Waals surface area contributed by atoms with Crippen molar-refractivity contribution >= 4 is 5.91 Å². The van der Waals surface area contributed by atoms with E-state index < -0.39 is 0 Å². The molecule has 0 bridgehead atoms. The fourth-order valence-electron chi connectivity index (χ4n) is 0.972. The first-order valence-electron chi connectivity index (χ1n) is 4.21. The van der Waals surface area contributed by atoms with Crippen LogP contribution in [0.15, 0.2) is 10.6 Å². The number of amides is 1. The van der Waals surface area contributed by atoms with Gasteiger partial charge in [0.05, 0.1) is 18.2 Å². The van der Waals surface area contributed by atoms with Crippen LogP contribution in [0.4, 0.5) is 0 Å². The maximum atomic E-state index is 11.5. The van der Waals surface area contributed by atoms with Crippen LogP contribution in [-0.2, 0) is 0 Å². The average Bonchev–Trinajstić information content (AvgIpc) is 2.60. The molecule has 1 rings (SSSR count). The van der Waals surface area contributed by atoms with E-state index in [1.807, 2.05) is 6.07 Å². The lowest BCUT2D eigenvalue weighted by Crippen LogP contribution is -2.27. The monoisotopic (exact) mass is 193 g/mol. The fourth-order valence-corrected chi connectivity index (χ4v) is 0.972. The smallest absolute Gasteiger partial charge is 0.292 e. The topological polar surface area (TPSA) is 70.1 Å². The van der Waals surface area contributed by atoms with Gasteiger partial charge in [-0.25, -0.2) is 0 Å². The van der Waals surface area contributed by atoms with E-state index in [1.54, 1.807) is 20.0 Å². The Morgan fingerprint density at radius 1 is 1.79 bits per heavy atom. The van der Waals surface area contributed by atoms with Crippen molar-refractivity contribution in [3.05, 3.63) is 17.5 Å². The minimum atomic E-state index is -0.249. The molecule has 0 fully saturated rings. The number of carbonyl (C=O) groups excluding carboxylic acids is 1. The van der Waals surface area contributed by atoms with Gasteiger partial charge < -0.3 is 9.42 Å². The van der Waals surface area contributed by atoms with Gasteiger partial charge in [0.2, 0.25) is 5.76 Å². The van der Waals surface area contributed by atoms with E-state index in [1.165, 1.54) is 4.90 Å². The molecule has 1 amide bonds. The summed E-state index contributed by atoms with van der Waals surface area (Å²) in [6, 6.07) is 3.54. The number of aryl methyl sites for hydroxylation is 1. The van der Waals surface area contributed by atoms with E-state index in [2.05, 4.69) is 5.16 Å². The Morgan fingerprint density at radius 3 is 3.00 bits per heavy atom. The van der Waals surface area contributed by atoms with E-state index in [4.69, 9.17) is 9.78 Å². The van der Waals surface area contributed by atoms with E-state index in [-0.39, 0.29) is 11.7 Å². The molecule has 0 saturated heterocycles. The van der Waals surface area contributed by atoms with Crippen LogP contribution in [0.25, 0.3) is 0 Å². The normalized spacial score (nSPS) is 9.50. The lowest BCUT2D eigenvalue weighted by Gasteiger charge is -2.12. The standard InChI is InChI=1S/C9H11N3O2/c1-7-6-8(14-11-7)9(13)12(2)5-3-4-10/h6H,3,5H2,1-2H3. The highest BCUT2D eigenvalue weighted by molar-refractivity contribution is 5.91. The maximum absolute atomic E-state index is 11.5.